The Balaban J connectivity index is 2.61. The van der Waals surface area contributed by atoms with Crippen molar-refractivity contribution < 1.29 is 14.1 Å². The molecule has 1 aromatic heterocycles. The molecule has 0 aromatic carbocycles. The quantitative estimate of drug-likeness (QED) is 0.763. The third-order valence-corrected chi connectivity index (χ3v) is 3.21. The molecule has 4 nitrogen and oxygen atoms in total. The fraction of sp³-hybridized carbons (Fsp3) is 0.615. The van der Waals surface area contributed by atoms with Crippen molar-refractivity contribution >= 4 is 11.6 Å². The van der Waals surface area contributed by atoms with Crippen LogP contribution in [0.4, 0.5) is 0 Å². The molecule has 0 aliphatic rings. The lowest BCUT2D eigenvalue weighted by atomic mass is 9.86. The van der Waals surface area contributed by atoms with Crippen LogP contribution in [0, 0.1) is 11.8 Å². The van der Waals surface area contributed by atoms with E-state index in [-0.39, 0.29) is 29.3 Å². The fourth-order valence-corrected chi connectivity index (χ4v) is 1.83. The minimum atomic E-state index is -0.275. The number of aromatic nitrogens is 1. The van der Waals surface area contributed by atoms with Crippen molar-refractivity contribution in [3.05, 3.63) is 18.0 Å². The van der Waals surface area contributed by atoms with Gasteiger partial charge in [-0.15, -0.1) is 0 Å². The van der Waals surface area contributed by atoms with E-state index in [0.717, 1.165) is 0 Å². The lowest BCUT2D eigenvalue weighted by Gasteiger charge is -2.17. The minimum Gasteiger partial charge on any atom is -0.364 e. The zero-order chi connectivity index (χ0) is 13.0. The van der Waals surface area contributed by atoms with Crippen molar-refractivity contribution in [1.82, 2.24) is 5.16 Å². The second kappa shape index (κ2) is 5.75. The van der Waals surface area contributed by atoms with Gasteiger partial charge in [0, 0.05) is 17.9 Å². The molecule has 0 saturated carbocycles. The fourth-order valence-electron chi connectivity index (χ4n) is 1.83. The zero-order valence-corrected chi connectivity index (χ0v) is 10.8. The zero-order valence-electron chi connectivity index (χ0n) is 10.8. The van der Waals surface area contributed by atoms with Gasteiger partial charge in [-0.3, -0.25) is 9.59 Å². The van der Waals surface area contributed by atoms with Crippen molar-refractivity contribution in [3.63, 3.8) is 0 Å². The molecule has 0 aliphatic carbocycles. The van der Waals surface area contributed by atoms with Crippen LogP contribution < -0.4 is 0 Å². The standard InChI is InChI=1S/C13H19NO3/c1-8(11(4)15)7-9(2)13(16)10(3)12-5-6-17-14-12/h5-6,8-10H,7H2,1-4H3. The first kappa shape index (κ1) is 13.6. The molecule has 0 spiro atoms. The Bertz CT molecular complexity index is 383. The van der Waals surface area contributed by atoms with Gasteiger partial charge in [0.25, 0.3) is 0 Å². The van der Waals surface area contributed by atoms with E-state index in [1.807, 2.05) is 20.8 Å². The van der Waals surface area contributed by atoms with Crippen LogP contribution in [0.1, 0.15) is 45.7 Å². The Morgan fingerprint density at radius 1 is 1.29 bits per heavy atom. The van der Waals surface area contributed by atoms with Crippen LogP contribution in [0.15, 0.2) is 16.9 Å². The molecule has 0 radical (unpaired) electrons. The molecule has 4 heteroatoms. The summed E-state index contributed by atoms with van der Waals surface area (Å²) in [5.41, 5.74) is 0.650. The van der Waals surface area contributed by atoms with Crippen LogP contribution in [0.2, 0.25) is 0 Å². The molecule has 17 heavy (non-hydrogen) atoms. The smallest absolute Gasteiger partial charge is 0.144 e. The summed E-state index contributed by atoms with van der Waals surface area (Å²) in [5.74, 6) is -0.257. The maximum Gasteiger partial charge on any atom is 0.144 e. The van der Waals surface area contributed by atoms with Gasteiger partial charge in [-0.25, -0.2) is 0 Å². The Morgan fingerprint density at radius 2 is 1.94 bits per heavy atom. The molecule has 0 amide bonds. The van der Waals surface area contributed by atoms with Crippen molar-refractivity contribution in [2.75, 3.05) is 0 Å². The third kappa shape index (κ3) is 3.51. The van der Waals surface area contributed by atoms with Crippen LogP contribution >= 0.6 is 0 Å². The molecule has 1 aromatic rings. The maximum absolute atomic E-state index is 12.1. The van der Waals surface area contributed by atoms with Crippen LogP contribution in [0.25, 0.3) is 0 Å². The molecule has 0 saturated heterocycles. The van der Waals surface area contributed by atoms with Gasteiger partial charge in [0.15, 0.2) is 0 Å². The number of hydrogen-bond donors (Lipinski definition) is 0. The Morgan fingerprint density at radius 3 is 2.41 bits per heavy atom. The molecular weight excluding hydrogens is 218 g/mol. The van der Waals surface area contributed by atoms with Gasteiger partial charge in [-0.1, -0.05) is 19.0 Å². The average Bonchev–Trinajstić information content (AvgIpc) is 2.80. The number of ketones is 2. The van der Waals surface area contributed by atoms with E-state index >= 15 is 0 Å². The number of carbonyl (C=O) groups excluding carboxylic acids is 2. The van der Waals surface area contributed by atoms with Crippen LogP contribution in [0.5, 0.6) is 0 Å². The second-order valence-corrected chi connectivity index (χ2v) is 4.70. The molecule has 94 valence electrons. The van der Waals surface area contributed by atoms with E-state index < -0.39 is 0 Å². The topological polar surface area (TPSA) is 60.2 Å². The SMILES string of the molecule is CC(=O)C(C)CC(C)C(=O)C(C)c1ccon1. The number of carbonyl (C=O) groups is 2. The monoisotopic (exact) mass is 237 g/mol. The first-order chi connectivity index (χ1) is 7.93. The first-order valence-corrected chi connectivity index (χ1v) is 5.88. The Kier molecular flexibility index (Phi) is 4.61. The third-order valence-electron chi connectivity index (χ3n) is 3.21. The van der Waals surface area contributed by atoms with E-state index in [4.69, 9.17) is 4.52 Å². The van der Waals surface area contributed by atoms with Gasteiger partial charge < -0.3 is 4.52 Å². The van der Waals surface area contributed by atoms with Gasteiger partial charge in [-0.05, 0) is 20.3 Å². The summed E-state index contributed by atoms with van der Waals surface area (Å²) in [4.78, 5) is 23.3. The molecule has 1 heterocycles. The summed E-state index contributed by atoms with van der Waals surface area (Å²) >= 11 is 0. The minimum absolute atomic E-state index is 0.0709. The highest BCUT2D eigenvalue weighted by Gasteiger charge is 2.25. The summed E-state index contributed by atoms with van der Waals surface area (Å²) in [5, 5.41) is 3.77. The van der Waals surface area contributed by atoms with E-state index in [0.29, 0.717) is 12.1 Å². The highest BCUT2D eigenvalue weighted by Crippen LogP contribution is 2.22. The predicted molar refractivity (Wildman–Crippen MR) is 63.6 cm³/mol. The van der Waals surface area contributed by atoms with E-state index in [9.17, 15) is 9.59 Å². The largest absolute Gasteiger partial charge is 0.364 e. The molecule has 1 rings (SSSR count). The van der Waals surface area contributed by atoms with Gasteiger partial charge in [0.1, 0.15) is 17.8 Å². The number of rotatable bonds is 6. The molecule has 0 bridgehead atoms. The number of hydrogen-bond acceptors (Lipinski definition) is 4. The Hall–Kier alpha value is -1.45. The lowest BCUT2D eigenvalue weighted by Crippen LogP contribution is -2.22. The maximum atomic E-state index is 12.1. The highest BCUT2D eigenvalue weighted by molar-refractivity contribution is 5.87. The predicted octanol–water partition coefficient (Wildman–Crippen LogP) is 2.60. The summed E-state index contributed by atoms with van der Waals surface area (Å²) in [6.07, 6.45) is 2.05. The molecule has 3 atom stereocenters. The van der Waals surface area contributed by atoms with Gasteiger partial charge in [0.05, 0.1) is 11.6 Å². The van der Waals surface area contributed by atoms with Gasteiger partial charge >= 0.3 is 0 Å². The first-order valence-electron chi connectivity index (χ1n) is 5.88. The summed E-state index contributed by atoms with van der Waals surface area (Å²) in [6, 6.07) is 1.70. The molecule has 0 N–H and O–H groups in total. The average molecular weight is 237 g/mol. The summed E-state index contributed by atoms with van der Waals surface area (Å²) in [6.45, 7) is 7.09. The summed E-state index contributed by atoms with van der Waals surface area (Å²) in [7, 11) is 0. The van der Waals surface area contributed by atoms with Crippen molar-refractivity contribution in [1.29, 1.82) is 0 Å². The molecule has 3 unspecified atom stereocenters. The van der Waals surface area contributed by atoms with Gasteiger partial charge in [0.2, 0.25) is 0 Å². The van der Waals surface area contributed by atoms with Crippen LogP contribution in [-0.4, -0.2) is 16.7 Å². The lowest BCUT2D eigenvalue weighted by molar-refractivity contribution is -0.125. The molecule has 0 aliphatic heterocycles. The Labute approximate surface area is 101 Å². The van der Waals surface area contributed by atoms with Crippen molar-refractivity contribution in [2.24, 2.45) is 11.8 Å². The van der Waals surface area contributed by atoms with Crippen LogP contribution in [0.3, 0.4) is 0 Å². The number of nitrogens with zero attached hydrogens (tertiary/aromatic N) is 1. The molecular formula is C13H19NO3. The van der Waals surface area contributed by atoms with Gasteiger partial charge in [-0.2, -0.15) is 0 Å². The highest BCUT2D eigenvalue weighted by atomic mass is 16.5. The molecule has 0 fully saturated rings. The van der Waals surface area contributed by atoms with Crippen molar-refractivity contribution in [3.8, 4) is 0 Å². The number of Topliss-reactive ketones (excluding diaryl/α,β-unsaturated/α-hetero) is 2. The van der Waals surface area contributed by atoms with E-state index in [1.54, 1.807) is 13.0 Å². The van der Waals surface area contributed by atoms with E-state index in [2.05, 4.69) is 5.16 Å². The summed E-state index contributed by atoms with van der Waals surface area (Å²) < 4.78 is 4.73. The normalized spacial score (nSPS) is 16.2. The van der Waals surface area contributed by atoms with Crippen molar-refractivity contribution in [2.45, 2.75) is 40.0 Å². The second-order valence-electron chi connectivity index (χ2n) is 4.70. The van der Waals surface area contributed by atoms with Crippen LogP contribution in [-0.2, 0) is 9.59 Å². The van der Waals surface area contributed by atoms with E-state index in [1.165, 1.54) is 6.26 Å².